The molecule has 0 bridgehead atoms. The van der Waals surface area contributed by atoms with E-state index in [9.17, 15) is 8.42 Å². The Bertz CT molecular complexity index is 254. The maximum Gasteiger partial charge on any atom is 0.454 e. The first-order valence-corrected chi connectivity index (χ1v) is 6.41. The molecule has 0 spiro atoms. The third-order valence-electron chi connectivity index (χ3n) is 2.75. The molecular weight excluding hydrogens is 191 g/mol. The molecule has 0 unspecified atom stereocenters. The molecule has 1 aliphatic rings. The Labute approximate surface area is 79.0 Å². The van der Waals surface area contributed by atoms with E-state index in [1.807, 2.05) is 0 Å². The van der Waals surface area contributed by atoms with Gasteiger partial charge in [-0.05, 0) is 18.7 Å². The highest BCUT2D eigenvalue weighted by Crippen LogP contribution is 2.32. The molecule has 0 heterocycles. The molecule has 6 heteroatoms. The third kappa shape index (κ3) is 2.96. The van der Waals surface area contributed by atoms with Crippen molar-refractivity contribution in [1.29, 1.82) is 0 Å². The highest BCUT2D eigenvalue weighted by molar-refractivity contribution is 7.91. The largest absolute Gasteiger partial charge is 0.454 e. The Morgan fingerprint density at radius 3 is 1.92 bits per heavy atom. The lowest BCUT2D eigenvalue weighted by Crippen LogP contribution is -2.30. The summed E-state index contributed by atoms with van der Waals surface area (Å²) >= 11 is 0. The first-order valence-electron chi connectivity index (χ1n) is 4.46. The number of hydrogen-bond acceptors (Lipinski definition) is 4. The first kappa shape index (κ1) is 11.0. The van der Waals surface area contributed by atoms with E-state index in [1.54, 1.807) is 0 Å². The Morgan fingerprint density at radius 1 is 1.15 bits per heavy atom. The lowest BCUT2D eigenvalue weighted by molar-refractivity contribution is 0.351. The van der Waals surface area contributed by atoms with Crippen molar-refractivity contribution in [3.63, 3.8) is 0 Å². The fourth-order valence-electron chi connectivity index (χ4n) is 1.81. The molecule has 0 aromatic carbocycles. The van der Waals surface area contributed by atoms with E-state index in [4.69, 9.17) is 10.0 Å². The summed E-state index contributed by atoms with van der Waals surface area (Å²) in [5.74, 6) is -0.141. The summed E-state index contributed by atoms with van der Waals surface area (Å²) in [6, 6.07) is 0. The molecule has 0 atom stereocenters. The van der Waals surface area contributed by atoms with Gasteiger partial charge in [0.25, 0.3) is 0 Å². The molecule has 2 N–H and O–H groups in total. The maximum atomic E-state index is 11.1. The van der Waals surface area contributed by atoms with Crippen LogP contribution < -0.4 is 0 Å². The van der Waals surface area contributed by atoms with Crippen LogP contribution in [0, 0.1) is 0 Å². The molecule has 13 heavy (non-hydrogen) atoms. The Hall–Kier alpha value is -0.0651. The summed E-state index contributed by atoms with van der Waals surface area (Å²) < 4.78 is 22.3. The standard InChI is InChI=1S/C7H15BO4S/c1-13(11,12)7-4-2-6(3-5-7)8(9)10/h6-7,9-10H,2-5H2,1H3. The van der Waals surface area contributed by atoms with Crippen LogP contribution in [0.4, 0.5) is 0 Å². The maximum absolute atomic E-state index is 11.1. The summed E-state index contributed by atoms with van der Waals surface area (Å²) in [7, 11) is -4.23. The molecule has 4 nitrogen and oxygen atoms in total. The van der Waals surface area contributed by atoms with E-state index in [0.29, 0.717) is 25.7 Å². The van der Waals surface area contributed by atoms with Crippen molar-refractivity contribution in [3.05, 3.63) is 0 Å². The van der Waals surface area contributed by atoms with Gasteiger partial charge in [0.1, 0.15) is 9.84 Å². The van der Waals surface area contributed by atoms with Gasteiger partial charge in [-0.25, -0.2) is 8.42 Å². The smallest absolute Gasteiger partial charge is 0.427 e. The molecule has 1 saturated carbocycles. The predicted octanol–water partition coefficient (Wildman–Crippen LogP) is -0.183. The van der Waals surface area contributed by atoms with E-state index in [2.05, 4.69) is 0 Å². The zero-order valence-corrected chi connectivity index (χ0v) is 8.50. The zero-order chi connectivity index (χ0) is 10.1. The van der Waals surface area contributed by atoms with Gasteiger partial charge < -0.3 is 10.0 Å². The zero-order valence-electron chi connectivity index (χ0n) is 7.68. The topological polar surface area (TPSA) is 74.6 Å². The van der Waals surface area contributed by atoms with Crippen LogP contribution in [0.2, 0.25) is 5.82 Å². The number of sulfone groups is 1. The minimum atomic E-state index is -2.94. The van der Waals surface area contributed by atoms with E-state index in [0.717, 1.165) is 0 Å². The lowest BCUT2D eigenvalue weighted by Gasteiger charge is -2.26. The normalized spacial score (nSPS) is 30.1. The SMILES string of the molecule is CS(=O)(=O)C1CCC(B(O)O)CC1. The van der Waals surface area contributed by atoms with Crippen LogP contribution >= 0.6 is 0 Å². The highest BCUT2D eigenvalue weighted by atomic mass is 32.2. The molecule has 1 rings (SSSR count). The molecule has 1 fully saturated rings. The molecule has 0 aromatic rings. The van der Waals surface area contributed by atoms with Crippen LogP contribution in [-0.2, 0) is 9.84 Å². The van der Waals surface area contributed by atoms with Crippen LogP contribution in [0.5, 0.6) is 0 Å². The fraction of sp³-hybridized carbons (Fsp3) is 1.00. The quantitative estimate of drug-likeness (QED) is 0.614. The summed E-state index contributed by atoms with van der Waals surface area (Å²) in [6.07, 6.45) is 3.54. The van der Waals surface area contributed by atoms with Crippen molar-refractivity contribution in [1.82, 2.24) is 0 Å². The average Bonchev–Trinajstić information content (AvgIpc) is 2.03. The van der Waals surface area contributed by atoms with Crippen LogP contribution in [0.3, 0.4) is 0 Å². The second-order valence-electron chi connectivity index (χ2n) is 3.78. The van der Waals surface area contributed by atoms with E-state index in [1.165, 1.54) is 6.26 Å². The van der Waals surface area contributed by atoms with Crippen LogP contribution in [0.25, 0.3) is 0 Å². The molecule has 0 radical (unpaired) electrons. The third-order valence-corrected chi connectivity index (χ3v) is 4.43. The van der Waals surface area contributed by atoms with Gasteiger partial charge in [-0.3, -0.25) is 0 Å². The van der Waals surface area contributed by atoms with Crippen molar-refractivity contribution in [3.8, 4) is 0 Å². The monoisotopic (exact) mass is 206 g/mol. The molecular formula is C7H15BO4S. The Balaban J connectivity index is 2.49. The minimum absolute atomic E-state index is 0.141. The predicted molar refractivity (Wildman–Crippen MR) is 51.0 cm³/mol. The van der Waals surface area contributed by atoms with E-state index in [-0.39, 0.29) is 11.1 Å². The Morgan fingerprint density at radius 2 is 1.62 bits per heavy atom. The van der Waals surface area contributed by atoms with Crippen molar-refractivity contribution in [2.75, 3.05) is 6.26 Å². The van der Waals surface area contributed by atoms with Crippen LogP contribution in [-0.4, -0.2) is 37.1 Å². The summed E-state index contributed by atoms with van der Waals surface area (Å²) in [6.45, 7) is 0. The number of rotatable bonds is 2. The van der Waals surface area contributed by atoms with Crippen LogP contribution in [0.15, 0.2) is 0 Å². The summed E-state index contributed by atoms with van der Waals surface area (Å²) in [4.78, 5) is 0. The number of hydrogen-bond donors (Lipinski definition) is 2. The molecule has 0 aliphatic heterocycles. The highest BCUT2D eigenvalue weighted by Gasteiger charge is 2.32. The van der Waals surface area contributed by atoms with Gasteiger partial charge in [-0.2, -0.15) is 0 Å². The fourth-order valence-corrected chi connectivity index (χ4v) is 2.94. The van der Waals surface area contributed by atoms with Crippen molar-refractivity contribution in [2.24, 2.45) is 0 Å². The Kier molecular flexibility index (Phi) is 3.37. The summed E-state index contributed by atoms with van der Waals surface area (Å²) in [5.41, 5.74) is 0. The first-order chi connectivity index (χ1) is 5.91. The van der Waals surface area contributed by atoms with Gasteiger partial charge in [0.05, 0.1) is 5.25 Å². The van der Waals surface area contributed by atoms with Gasteiger partial charge in [-0.15, -0.1) is 0 Å². The van der Waals surface area contributed by atoms with Crippen molar-refractivity contribution < 1.29 is 18.5 Å². The van der Waals surface area contributed by atoms with Gasteiger partial charge in [0, 0.05) is 6.26 Å². The molecule has 76 valence electrons. The molecule has 0 saturated heterocycles. The summed E-state index contributed by atoms with van der Waals surface area (Å²) in [5, 5.41) is 17.5. The van der Waals surface area contributed by atoms with Gasteiger partial charge in [0.15, 0.2) is 0 Å². The average molecular weight is 206 g/mol. The van der Waals surface area contributed by atoms with E-state index < -0.39 is 17.0 Å². The van der Waals surface area contributed by atoms with Crippen LogP contribution in [0.1, 0.15) is 25.7 Å². The van der Waals surface area contributed by atoms with Crippen molar-refractivity contribution in [2.45, 2.75) is 36.8 Å². The lowest BCUT2D eigenvalue weighted by atomic mass is 9.65. The molecule has 0 aromatic heterocycles. The molecule has 1 aliphatic carbocycles. The van der Waals surface area contributed by atoms with E-state index >= 15 is 0 Å². The van der Waals surface area contributed by atoms with Gasteiger partial charge in [-0.1, -0.05) is 12.8 Å². The van der Waals surface area contributed by atoms with Gasteiger partial charge >= 0.3 is 7.12 Å². The van der Waals surface area contributed by atoms with Crippen molar-refractivity contribution >= 4 is 17.0 Å². The van der Waals surface area contributed by atoms with Gasteiger partial charge in [0.2, 0.25) is 0 Å². The second-order valence-corrected chi connectivity index (χ2v) is 6.11. The minimum Gasteiger partial charge on any atom is -0.427 e. The second kappa shape index (κ2) is 3.98. The molecule has 0 amide bonds.